The number of aliphatic hydroxyl groups is 2. The van der Waals surface area contributed by atoms with Crippen molar-refractivity contribution < 1.29 is 75.8 Å². The molecular formula is C99H164O16P2. The number of hydrogen-bond donors (Lipinski definition) is 4. The molecule has 0 rings (SSSR count). The van der Waals surface area contributed by atoms with Crippen LogP contribution in [0.5, 0.6) is 0 Å². The quantitative estimate of drug-likeness (QED) is 0.0146. The number of phosphoric acid groups is 2. The predicted molar refractivity (Wildman–Crippen MR) is 491 cm³/mol. The van der Waals surface area contributed by atoms with E-state index in [1.807, 2.05) is 0 Å². The lowest BCUT2D eigenvalue weighted by molar-refractivity contribution is -0.161. The largest absolute Gasteiger partial charge is 0.472 e. The summed E-state index contributed by atoms with van der Waals surface area (Å²) in [5, 5.41) is 20.7. The third kappa shape index (κ3) is 91.0. The monoisotopic (exact) mass is 1670 g/mol. The summed E-state index contributed by atoms with van der Waals surface area (Å²) in [6.07, 6.45) is 119. The Kier molecular flexibility index (Phi) is 85.3. The molecule has 0 aromatic heterocycles. The minimum absolute atomic E-state index is 0.0854. The molecule has 16 nitrogen and oxygen atoms in total. The molecular weight excluding hydrogens is 1510 g/mol. The van der Waals surface area contributed by atoms with Crippen molar-refractivity contribution in [3.05, 3.63) is 194 Å². The van der Waals surface area contributed by atoms with Gasteiger partial charge in [-0.15, -0.1) is 0 Å². The molecule has 0 radical (unpaired) electrons. The summed E-state index contributed by atoms with van der Waals surface area (Å²) >= 11 is 0. The first-order valence-corrected chi connectivity index (χ1v) is 48.7. The van der Waals surface area contributed by atoms with E-state index in [0.29, 0.717) is 19.3 Å². The van der Waals surface area contributed by atoms with Gasteiger partial charge >= 0.3 is 33.6 Å². The van der Waals surface area contributed by atoms with Gasteiger partial charge in [-0.25, -0.2) is 9.13 Å². The molecule has 18 heteroatoms. The van der Waals surface area contributed by atoms with E-state index in [9.17, 15) is 43.5 Å². The van der Waals surface area contributed by atoms with Crippen LogP contribution < -0.4 is 0 Å². The van der Waals surface area contributed by atoms with Gasteiger partial charge in [-0.2, -0.15) is 0 Å². The SMILES string of the molecule is CC/C=C\C/C=C\C/C=C\C/C=C\C/C=C\C/C=C\CCCCCCCCCCCCC(=O)OCC(O)COP(=O)(O)OCC(O)COP(=O)(O)OCC(COC(=O)CCCCCCCCCCCCCCC/C=C\C/C=C\C/C=C\C/C=C\C/C=C\CC)OC(=O)CCCCCCCCC/C=C\C/C=C\C/C=C\C/C=C\C/C=C\CC. The average Bonchev–Trinajstić information content (AvgIpc) is 0.904. The van der Waals surface area contributed by atoms with Crippen LogP contribution in [0.25, 0.3) is 0 Å². The van der Waals surface area contributed by atoms with Crippen molar-refractivity contribution >= 4 is 33.6 Å². The summed E-state index contributed by atoms with van der Waals surface area (Å²) in [6.45, 7) is 2.35. The highest BCUT2D eigenvalue weighted by Gasteiger charge is 2.29. The first kappa shape index (κ1) is 111. The van der Waals surface area contributed by atoms with Crippen molar-refractivity contribution in [3.8, 4) is 0 Å². The Balaban J connectivity index is 4.67. The molecule has 4 N–H and O–H groups in total. The van der Waals surface area contributed by atoms with Crippen LogP contribution in [0, 0.1) is 0 Å². The van der Waals surface area contributed by atoms with Crippen LogP contribution in [0.15, 0.2) is 194 Å². The summed E-state index contributed by atoms with van der Waals surface area (Å²) in [5.74, 6) is -1.59. The van der Waals surface area contributed by atoms with Crippen molar-refractivity contribution in [1.29, 1.82) is 0 Å². The molecule has 0 fully saturated rings. The number of carbonyl (C=O) groups is 3. The maximum absolute atomic E-state index is 13.1. The summed E-state index contributed by atoms with van der Waals surface area (Å²) in [6, 6.07) is 0. The number of allylic oxidation sites excluding steroid dienone is 32. The lowest BCUT2D eigenvalue weighted by atomic mass is 10.0. The van der Waals surface area contributed by atoms with Crippen LogP contribution in [0.2, 0.25) is 0 Å². The predicted octanol–water partition coefficient (Wildman–Crippen LogP) is 28.2. The zero-order valence-corrected chi connectivity index (χ0v) is 75.1. The van der Waals surface area contributed by atoms with E-state index in [4.69, 9.17) is 32.3 Å². The molecule has 666 valence electrons. The Morgan fingerprint density at radius 2 is 0.427 bits per heavy atom. The van der Waals surface area contributed by atoms with Gasteiger partial charge in [0.2, 0.25) is 0 Å². The molecule has 0 aliphatic carbocycles. The van der Waals surface area contributed by atoms with Crippen LogP contribution >= 0.6 is 15.6 Å². The molecule has 117 heavy (non-hydrogen) atoms. The lowest BCUT2D eigenvalue weighted by Gasteiger charge is -2.21. The Bertz CT molecular complexity index is 2910. The second-order valence-electron chi connectivity index (χ2n) is 30.0. The average molecular weight is 1670 g/mol. The number of esters is 3. The van der Waals surface area contributed by atoms with Gasteiger partial charge in [0.05, 0.1) is 26.4 Å². The van der Waals surface area contributed by atoms with Gasteiger partial charge in [0.25, 0.3) is 0 Å². The highest BCUT2D eigenvalue weighted by molar-refractivity contribution is 7.47. The number of hydrogen-bond acceptors (Lipinski definition) is 14. The number of unbranched alkanes of at least 4 members (excludes halogenated alkanes) is 30. The fourth-order valence-electron chi connectivity index (χ4n) is 12.0. The first-order chi connectivity index (χ1) is 57.2. The van der Waals surface area contributed by atoms with E-state index in [-0.39, 0.29) is 19.3 Å². The molecule has 0 aromatic carbocycles. The van der Waals surface area contributed by atoms with Gasteiger partial charge in [-0.1, -0.05) is 369 Å². The Morgan fingerprint density at radius 1 is 0.239 bits per heavy atom. The van der Waals surface area contributed by atoms with Gasteiger partial charge in [0.1, 0.15) is 25.4 Å². The molecule has 0 aliphatic heterocycles. The number of rotatable bonds is 85. The van der Waals surface area contributed by atoms with Gasteiger partial charge in [0, 0.05) is 19.3 Å². The number of ether oxygens (including phenoxy) is 3. The van der Waals surface area contributed by atoms with Crippen LogP contribution in [0.3, 0.4) is 0 Å². The Hall–Kier alpha value is -5.61. The van der Waals surface area contributed by atoms with Crippen molar-refractivity contribution in [2.24, 2.45) is 0 Å². The van der Waals surface area contributed by atoms with Crippen molar-refractivity contribution in [2.45, 2.75) is 373 Å². The Morgan fingerprint density at radius 3 is 0.675 bits per heavy atom. The number of aliphatic hydroxyl groups excluding tert-OH is 2. The molecule has 0 saturated carbocycles. The zero-order valence-electron chi connectivity index (χ0n) is 73.3. The summed E-state index contributed by atoms with van der Waals surface area (Å²) in [4.78, 5) is 59.0. The fraction of sp³-hybridized carbons (Fsp3) is 0.646. The normalized spacial score (nSPS) is 14.7. The molecule has 0 aliphatic rings. The minimum atomic E-state index is -4.95. The third-order valence-corrected chi connectivity index (χ3v) is 20.7. The van der Waals surface area contributed by atoms with Crippen molar-refractivity contribution in [3.63, 3.8) is 0 Å². The van der Waals surface area contributed by atoms with E-state index >= 15 is 0 Å². The molecule has 5 atom stereocenters. The second kappa shape index (κ2) is 89.6. The van der Waals surface area contributed by atoms with Crippen LogP contribution in [0.1, 0.15) is 355 Å². The molecule has 0 saturated heterocycles. The van der Waals surface area contributed by atoms with Crippen molar-refractivity contribution in [2.75, 3.05) is 39.6 Å². The maximum Gasteiger partial charge on any atom is 0.472 e. The molecule has 0 spiro atoms. The topological polar surface area (TPSA) is 231 Å². The smallest absolute Gasteiger partial charge is 0.463 e. The highest BCUT2D eigenvalue weighted by atomic mass is 31.2. The summed E-state index contributed by atoms with van der Waals surface area (Å²) in [7, 11) is -9.82. The lowest BCUT2D eigenvalue weighted by Crippen LogP contribution is -2.30. The summed E-state index contributed by atoms with van der Waals surface area (Å²) < 4.78 is 61.5. The van der Waals surface area contributed by atoms with Crippen LogP contribution in [-0.2, 0) is 55.8 Å². The van der Waals surface area contributed by atoms with Crippen molar-refractivity contribution in [1.82, 2.24) is 0 Å². The van der Waals surface area contributed by atoms with Crippen LogP contribution in [0.4, 0.5) is 0 Å². The minimum Gasteiger partial charge on any atom is -0.463 e. The van der Waals surface area contributed by atoms with Crippen LogP contribution in [-0.4, -0.2) is 95.9 Å². The van der Waals surface area contributed by atoms with E-state index in [1.165, 1.54) is 83.5 Å². The van der Waals surface area contributed by atoms with Gasteiger partial charge in [-0.3, -0.25) is 32.5 Å². The Labute approximate surface area is 712 Å². The molecule has 0 bridgehead atoms. The molecule has 0 heterocycles. The van der Waals surface area contributed by atoms with Gasteiger partial charge in [0.15, 0.2) is 6.10 Å². The van der Waals surface area contributed by atoms with Gasteiger partial charge in [-0.05, 0) is 161 Å². The fourth-order valence-corrected chi connectivity index (χ4v) is 13.6. The van der Waals surface area contributed by atoms with E-state index in [0.717, 1.165) is 212 Å². The zero-order chi connectivity index (χ0) is 85.1. The number of phosphoric ester groups is 2. The maximum atomic E-state index is 13.1. The van der Waals surface area contributed by atoms with E-state index in [1.54, 1.807) is 0 Å². The number of carbonyl (C=O) groups excluding carboxylic acids is 3. The summed E-state index contributed by atoms with van der Waals surface area (Å²) in [5.41, 5.74) is 0. The first-order valence-electron chi connectivity index (χ1n) is 45.7. The van der Waals surface area contributed by atoms with Gasteiger partial charge < -0.3 is 34.2 Å². The van der Waals surface area contributed by atoms with E-state index < -0.39 is 91.5 Å². The molecule has 5 unspecified atom stereocenters. The molecule has 0 aromatic rings. The standard InChI is InChI=1S/C99H164O16P2/c1-4-7-10-13-16-19-22-25-28-31-34-37-40-42-44-46-48-50-53-55-58-61-64-67-70-73-76-79-82-85-97(102)109-88-94(100)89-111-116(105,106)112-90-95(101)91-113-117(107,108)114-93-96(115-99(104)87-84-81-78-75-72-69-66-63-60-57-52-39-36-33-30-27-24-21-18-15-12-9-6-3)92-110-98(103)86-83-80-77-74-71-68-65-62-59-56-54-51-49-47-45-43-41-38-35-32-29-26-23-20-17-14-11-8-5-2/h7-12,16-21,25-30,34-39,42-45,48,50,57,60,94-96,100-101H,4-6,13-15,22-24,31-33,40-41,46-47,49,51-56,58-59,61-93H2,1-3H3,(H,105,106)(H,107,108)/b10-7-,11-8-,12-9-,19-16-,20-17-,21-18-,28-25-,29-26-,30-27-,37-34-,38-35-,39-36-,44-42-,45-43-,50-48-,60-57-. The molecule has 0 amide bonds. The highest BCUT2D eigenvalue weighted by Crippen LogP contribution is 2.45. The van der Waals surface area contributed by atoms with E-state index in [2.05, 4.69) is 215 Å². The second-order valence-corrected chi connectivity index (χ2v) is 32.9. The third-order valence-electron chi connectivity index (χ3n) is 18.8.